The van der Waals surface area contributed by atoms with Crippen molar-refractivity contribution in [3.05, 3.63) is 59.4 Å². The van der Waals surface area contributed by atoms with Crippen LogP contribution in [0.15, 0.2) is 42.5 Å². The summed E-state index contributed by atoms with van der Waals surface area (Å²) >= 11 is 0. The lowest BCUT2D eigenvalue weighted by Crippen LogP contribution is -2.53. The fourth-order valence-corrected chi connectivity index (χ4v) is 5.39. The summed E-state index contributed by atoms with van der Waals surface area (Å²) in [6, 6.07) is 11.4. The second kappa shape index (κ2) is 8.33. The Morgan fingerprint density at radius 2 is 1.80 bits per heavy atom. The summed E-state index contributed by atoms with van der Waals surface area (Å²) in [4.78, 5) is 14.6. The molecule has 0 saturated carbocycles. The highest BCUT2D eigenvalue weighted by atomic mass is 32.2. The fraction of sp³-hybridized carbons (Fsp3) is 0.381. The van der Waals surface area contributed by atoms with Crippen LogP contribution in [0, 0.1) is 12.7 Å². The van der Waals surface area contributed by atoms with E-state index in [1.807, 2.05) is 25.1 Å². The minimum atomic E-state index is -3.80. The number of hydrogen-bond acceptors (Lipinski definition) is 4. The molecule has 2 heterocycles. The molecule has 0 unspecified atom stereocenters. The Morgan fingerprint density at radius 3 is 2.57 bits per heavy atom. The third kappa shape index (κ3) is 4.19. The molecule has 7 nitrogen and oxygen atoms in total. The molecule has 0 radical (unpaired) electrons. The van der Waals surface area contributed by atoms with Crippen LogP contribution in [0.2, 0.25) is 0 Å². The third-order valence-corrected chi connectivity index (χ3v) is 7.26. The van der Waals surface area contributed by atoms with E-state index in [1.54, 1.807) is 17.0 Å². The number of carbonyl (C=O) groups is 1. The first-order chi connectivity index (χ1) is 14.3. The van der Waals surface area contributed by atoms with Gasteiger partial charge in [-0.05, 0) is 48.7 Å². The van der Waals surface area contributed by atoms with Gasteiger partial charge in [-0.25, -0.2) is 4.39 Å². The molecule has 0 aromatic heterocycles. The highest BCUT2D eigenvalue weighted by molar-refractivity contribution is 7.86. The number of nitrogens with zero attached hydrogens (tertiary/aromatic N) is 3. The highest BCUT2D eigenvalue weighted by Gasteiger charge is 2.36. The van der Waals surface area contributed by atoms with Crippen molar-refractivity contribution in [2.75, 3.05) is 37.7 Å². The van der Waals surface area contributed by atoms with Crippen LogP contribution in [0.3, 0.4) is 0 Å². The minimum absolute atomic E-state index is 0.146. The number of aryl methyl sites for hydroxylation is 1. The maximum atomic E-state index is 13.1. The molecule has 2 aromatic carbocycles. The molecule has 1 fully saturated rings. The summed E-state index contributed by atoms with van der Waals surface area (Å²) in [6.45, 7) is 3.25. The topological polar surface area (TPSA) is 70.2 Å². The van der Waals surface area contributed by atoms with Gasteiger partial charge in [0, 0.05) is 19.6 Å². The molecule has 9 heteroatoms. The van der Waals surface area contributed by atoms with Crippen molar-refractivity contribution in [3.63, 3.8) is 0 Å². The maximum absolute atomic E-state index is 13.1. The first-order valence-corrected chi connectivity index (χ1v) is 11.3. The van der Waals surface area contributed by atoms with Gasteiger partial charge in [0.25, 0.3) is 10.2 Å². The van der Waals surface area contributed by atoms with E-state index in [0.29, 0.717) is 49.7 Å². The SMILES string of the molecule is Cc1ccc2c(c1)N(C(=O)CN1CCCN(Cc3ccc(F)cc3)S1(=O)=O)CCO2. The Balaban J connectivity index is 1.50. The standard InChI is InChI=1S/C21H24FN3O4S/c1-16-3-8-20-19(13-16)25(11-12-29-20)21(26)15-24-10-2-9-23(30(24,27)28)14-17-4-6-18(22)7-5-17/h3-8,13H,2,9-12,14-15H2,1H3. The van der Waals surface area contributed by atoms with Crippen molar-refractivity contribution in [2.24, 2.45) is 0 Å². The first kappa shape index (κ1) is 20.8. The molecule has 0 bridgehead atoms. The number of benzene rings is 2. The van der Waals surface area contributed by atoms with Crippen LogP contribution in [-0.2, 0) is 21.5 Å². The summed E-state index contributed by atoms with van der Waals surface area (Å²) in [7, 11) is -3.80. The Bertz CT molecular complexity index is 1040. The van der Waals surface area contributed by atoms with E-state index in [-0.39, 0.29) is 24.8 Å². The smallest absolute Gasteiger partial charge is 0.282 e. The average molecular weight is 434 g/mol. The number of anilines is 1. The van der Waals surface area contributed by atoms with Crippen molar-refractivity contribution in [1.82, 2.24) is 8.61 Å². The van der Waals surface area contributed by atoms with Crippen molar-refractivity contribution in [2.45, 2.75) is 19.9 Å². The van der Waals surface area contributed by atoms with Gasteiger partial charge in [-0.2, -0.15) is 17.0 Å². The normalized spacial score (nSPS) is 19.2. The number of hydrogen-bond donors (Lipinski definition) is 0. The van der Waals surface area contributed by atoms with Gasteiger partial charge in [-0.15, -0.1) is 0 Å². The van der Waals surface area contributed by atoms with Gasteiger partial charge in [-0.3, -0.25) is 4.79 Å². The van der Waals surface area contributed by atoms with Gasteiger partial charge in [-0.1, -0.05) is 18.2 Å². The Kier molecular flexibility index (Phi) is 5.77. The zero-order valence-corrected chi connectivity index (χ0v) is 17.6. The number of ether oxygens (including phenoxy) is 1. The summed E-state index contributed by atoms with van der Waals surface area (Å²) in [6.07, 6.45) is 0.618. The average Bonchev–Trinajstić information content (AvgIpc) is 2.72. The lowest BCUT2D eigenvalue weighted by Gasteiger charge is -2.36. The molecule has 0 atom stereocenters. The summed E-state index contributed by atoms with van der Waals surface area (Å²) in [5, 5.41) is 0. The Morgan fingerprint density at radius 1 is 1.07 bits per heavy atom. The molecular formula is C21H24FN3O4S. The Hall–Kier alpha value is -2.49. The molecule has 2 aliphatic rings. The second-order valence-electron chi connectivity index (χ2n) is 7.52. The molecule has 0 aliphatic carbocycles. The number of rotatable bonds is 4. The zero-order valence-electron chi connectivity index (χ0n) is 16.8. The Labute approximate surface area is 175 Å². The first-order valence-electron chi connectivity index (χ1n) is 9.88. The minimum Gasteiger partial charge on any atom is -0.490 e. The van der Waals surface area contributed by atoms with Crippen molar-refractivity contribution in [1.29, 1.82) is 0 Å². The molecule has 0 N–H and O–H groups in total. The van der Waals surface area contributed by atoms with Crippen molar-refractivity contribution in [3.8, 4) is 5.75 Å². The van der Waals surface area contributed by atoms with Crippen molar-refractivity contribution >= 4 is 21.8 Å². The van der Waals surface area contributed by atoms with Crippen LogP contribution in [0.4, 0.5) is 10.1 Å². The van der Waals surface area contributed by atoms with Crippen LogP contribution in [0.25, 0.3) is 0 Å². The summed E-state index contributed by atoms with van der Waals surface area (Å²) in [5.74, 6) is -0.0227. The molecule has 2 aromatic rings. The monoisotopic (exact) mass is 433 g/mol. The van der Waals surface area contributed by atoms with E-state index < -0.39 is 10.2 Å². The third-order valence-electron chi connectivity index (χ3n) is 5.33. The lowest BCUT2D eigenvalue weighted by atomic mass is 10.1. The van der Waals surface area contributed by atoms with Gasteiger partial charge in [0.2, 0.25) is 5.91 Å². The summed E-state index contributed by atoms with van der Waals surface area (Å²) < 4.78 is 47.5. The highest BCUT2D eigenvalue weighted by Crippen LogP contribution is 2.32. The largest absolute Gasteiger partial charge is 0.490 e. The number of carbonyl (C=O) groups excluding carboxylic acids is 1. The van der Waals surface area contributed by atoms with Gasteiger partial charge in [0.1, 0.15) is 18.2 Å². The quantitative estimate of drug-likeness (QED) is 0.742. The van der Waals surface area contributed by atoms with E-state index in [2.05, 4.69) is 0 Å². The van der Waals surface area contributed by atoms with Gasteiger partial charge < -0.3 is 9.64 Å². The number of halogens is 1. The summed E-state index contributed by atoms with van der Waals surface area (Å²) in [5.41, 5.74) is 2.36. The van der Waals surface area contributed by atoms with Crippen LogP contribution >= 0.6 is 0 Å². The van der Waals surface area contributed by atoms with Gasteiger partial charge in [0.15, 0.2) is 0 Å². The van der Waals surface area contributed by atoms with Crippen LogP contribution < -0.4 is 9.64 Å². The van der Waals surface area contributed by atoms with Crippen LogP contribution in [0.1, 0.15) is 17.5 Å². The van der Waals surface area contributed by atoms with E-state index in [1.165, 1.54) is 20.7 Å². The van der Waals surface area contributed by atoms with E-state index in [4.69, 9.17) is 4.74 Å². The molecular weight excluding hydrogens is 409 g/mol. The number of amides is 1. The van der Waals surface area contributed by atoms with Gasteiger partial charge in [0.05, 0.1) is 18.8 Å². The fourth-order valence-electron chi connectivity index (χ4n) is 3.76. The van der Waals surface area contributed by atoms with E-state index in [0.717, 1.165) is 5.56 Å². The second-order valence-corrected chi connectivity index (χ2v) is 9.45. The lowest BCUT2D eigenvalue weighted by molar-refractivity contribution is -0.119. The van der Waals surface area contributed by atoms with E-state index in [9.17, 15) is 17.6 Å². The van der Waals surface area contributed by atoms with Crippen molar-refractivity contribution < 1.29 is 22.3 Å². The molecule has 2 aliphatic heterocycles. The molecule has 1 saturated heterocycles. The molecule has 4 rings (SSSR count). The zero-order chi connectivity index (χ0) is 21.3. The van der Waals surface area contributed by atoms with E-state index >= 15 is 0 Å². The van der Waals surface area contributed by atoms with Crippen LogP contribution in [-0.4, -0.2) is 55.7 Å². The maximum Gasteiger partial charge on any atom is 0.282 e. The number of fused-ring (bicyclic) bond motifs is 1. The predicted molar refractivity (Wildman–Crippen MR) is 111 cm³/mol. The molecule has 1 amide bonds. The van der Waals surface area contributed by atoms with Gasteiger partial charge >= 0.3 is 0 Å². The molecule has 0 spiro atoms. The molecule has 160 valence electrons. The van der Waals surface area contributed by atoms with Crippen LogP contribution in [0.5, 0.6) is 5.75 Å². The predicted octanol–water partition coefficient (Wildman–Crippen LogP) is 2.31. The molecule has 30 heavy (non-hydrogen) atoms.